The van der Waals surface area contributed by atoms with Crippen LogP contribution in [-0.4, -0.2) is 62.3 Å². The highest BCUT2D eigenvalue weighted by atomic mass is 32.2. The molecule has 1 saturated carbocycles. The lowest BCUT2D eigenvalue weighted by molar-refractivity contribution is 0.0940. The Kier molecular flexibility index (Phi) is 8.94. The molecule has 5 rings (SSSR count). The highest BCUT2D eigenvalue weighted by Crippen LogP contribution is 2.45. The van der Waals surface area contributed by atoms with Crippen molar-refractivity contribution in [3.8, 4) is 11.5 Å². The van der Waals surface area contributed by atoms with Gasteiger partial charge in [0.15, 0.2) is 11.5 Å². The molecule has 2 aliphatic heterocycles. The number of nitrogens with one attached hydrogen (secondary N) is 3. The van der Waals surface area contributed by atoms with Crippen molar-refractivity contribution in [3.63, 3.8) is 0 Å². The molecule has 0 radical (unpaired) electrons. The normalized spacial score (nSPS) is 19.0. The summed E-state index contributed by atoms with van der Waals surface area (Å²) in [6.07, 6.45) is 7.48. The molecule has 3 aliphatic rings. The van der Waals surface area contributed by atoms with Crippen LogP contribution in [0.4, 0.5) is 16.0 Å². The average molecular weight is 603 g/mol. The van der Waals surface area contributed by atoms with Crippen LogP contribution in [0.15, 0.2) is 12.1 Å². The minimum absolute atomic E-state index is 0.0688. The molecule has 3 fully saturated rings. The van der Waals surface area contributed by atoms with Crippen LogP contribution < -0.4 is 25.0 Å². The van der Waals surface area contributed by atoms with Gasteiger partial charge in [0.05, 0.1) is 28.4 Å². The molecule has 230 valence electrons. The smallest absolute Gasteiger partial charge is 0.255 e. The van der Waals surface area contributed by atoms with Crippen LogP contribution in [0.3, 0.4) is 0 Å². The van der Waals surface area contributed by atoms with Crippen LogP contribution in [0.25, 0.3) is 0 Å². The van der Waals surface area contributed by atoms with Gasteiger partial charge in [-0.05, 0) is 72.5 Å². The Morgan fingerprint density at radius 1 is 1.14 bits per heavy atom. The zero-order valence-corrected chi connectivity index (χ0v) is 25.9. The number of rotatable bonds is 9. The lowest BCUT2D eigenvalue weighted by atomic mass is 9.72. The van der Waals surface area contributed by atoms with Crippen molar-refractivity contribution < 1.29 is 22.3 Å². The summed E-state index contributed by atoms with van der Waals surface area (Å²) in [4.78, 5) is 25.4. The maximum absolute atomic E-state index is 14.8. The van der Waals surface area contributed by atoms with Gasteiger partial charge < -0.3 is 20.3 Å². The number of aryl methyl sites for hydroxylation is 1. The predicted molar refractivity (Wildman–Crippen MR) is 162 cm³/mol. The van der Waals surface area contributed by atoms with E-state index in [0.717, 1.165) is 89.0 Å². The summed E-state index contributed by atoms with van der Waals surface area (Å²) in [6, 6.07) is 1.88. The molecule has 1 aromatic carbocycles. The number of sulfonamides is 1. The Balaban J connectivity index is 1.57. The van der Waals surface area contributed by atoms with Gasteiger partial charge in [-0.25, -0.2) is 22.8 Å². The summed E-state index contributed by atoms with van der Waals surface area (Å²) in [5.41, 5.74) is 1.41. The number of aromatic nitrogens is 2. The number of hydrogen-bond acceptors (Lipinski definition) is 8. The number of nitrogens with zero attached hydrogens (tertiary/aromatic N) is 3. The first kappa shape index (κ1) is 30.5. The number of benzene rings is 1. The monoisotopic (exact) mass is 602 g/mol. The van der Waals surface area contributed by atoms with E-state index in [1.165, 1.54) is 6.92 Å². The number of carbonyl (C=O) groups excluding carboxylic acids is 1. The van der Waals surface area contributed by atoms with Gasteiger partial charge in [-0.1, -0.05) is 19.3 Å². The first-order valence-electron chi connectivity index (χ1n) is 15.2. The topological polar surface area (TPSA) is 126 Å². The SMILES string of the molecule is CCS(=O)(=O)Nc1cc(F)cc(C(=O)NC(C)C)c1Oc1c(C)nc(N2CC3(CCNCC3)C2)nc1C1CCCCC1. The Morgan fingerprint density at radius 3 is 2.48 bits per heavy atom. The van der Waals surface area contributed by atoms with E-state index in [0.29, 0.717) is 22.8 Å². The largest absolute Gasteiger partial charge is 0.450 e. The van der Waals surface area contributed by atoms with Crippen molar-refractivity contribution in [2.45, 2.75) is 84.6 Å². The van der Waals surface area contributed by atoms with E-state index in [-0.39, 0.29) is 34.7 Å². The zero-order chi connectivity index (χ0) is 30.1. The van der Waals surface area contributed by atoms with Crippen molar-refractivity contribution in [2.24, 2.45) is 5.41 Å². The van der Waals surface area contributed by atoms with E-state index in [9.17, 15) is 17.6 Å². The van der Waals surface area contributed by atoms with Crippen LogP contribution >= 0.6 is 0 Å². The lowest BCUT2D eigenvalue weighted by Gasteiger charge is -2.52. The van der Waals surface area contributed by atoms with E-state index in [1.54, 1.807) is 13.8 Å². The van der Waals surface area contributed by atoms with Gasteiger partial charge in [0.25, 0.3) is 5.91 Å². The number of amides is 1. The molecule has 0 bridgehead atoms. The maximum atomic E-state index is 14.8. The second-order valence-corrected chi connectivity index (χ2v) is 14.3. The van der Waals surface area contributed by atoms with Gasteiger partial charge in [0.2, 0.25) is 16.0 Å². The van der Waals surface area contributed by atoms with Crippen LogP contribution in [0.2, 0.25) is 0 Å². The number of ether oxygens (including phenoxy) is 1. The third kappa shape index (κ3) is 6.64. The summed E-state index contributed by atoms with van der Waals surface area (Å²) >= 11 is 0. The Morgan fingerprint density at radius 2 is 1.83 bits per heavy atom. The number of hydrogen-bond donors (Lipinski definition) is 3. The van der Waals surface area contributed by atoms with Gasteiger partial charge >= 0.3 is 0 Å². The van der Waals surface area contributed by atoms with E-state index in [4.69, 9.17) is 14.7 Å². The fraction of sp³-hybridized carbons (Fsp3) is 0.633. The van der Waals surface area contributed by atoms with Crippen molar-refractivity contribution in [2.75, 3.05) is 41.6 Å². The molecule has 1 spiro atoms. The van der Waals surface area contributed by atoms with Crippen molar-refractivity contribution >= 4 is 27.6 Å². The second kappa shape index (κ2) is 12.3. The van der Waals surface area contributed by atoms with Crippen LogP contribution in [0, 0.1) is 18.2 Å². The predicted octanol–water partition coefficient (Wildman–Crippen LogP) is 4.85. The van der Waals surface area contributed by atoms with Gasteiger partial charge in [0, 0.05) is 36.5 Å². The summed E-state index contributed by atoms with van der Waals surface area (Å²) in [6.45, 7) is 10.8. The molecule has 3 N–H and O–H groups in total. The molecule has 2 saturated heterocycles. The molecular formula is C30H43FN6O4S. The summed E-state index contributed by atoms with van der Waals surface area (Å²) < 4.78 is 48.9. The van der Waals surface area contributed by atoms with Crippen LogP contribution in [0.5, 0.6) is 11.5 Å². The average Bonchev–Trinajstić information content (AvgIpc) is 2.94. The van der Waals surface area contributed by atoms with Gasteiger partial charge in [0.1, 0.15) is 5.82 Å². The Hall–Kier alpha value is -2.99. The number of carbonyl (C=O) groups is 1. The molecule has 0 atom stereocenters. The minimum atomic E-state index is -3.81. The molecule has 12 heteroatoms. The molecule has 0 unspecified atom stereocenters. The third-order valence-corrected chi connectivity index (χ3v) is 9.90. The number of piperidine rings is 1. The molecule has 2 aromatic rings. The second-order valence-electron chi connectivity index (χ2n) is 12.3. The van der Waals surface area contributed by atoms with Gasteiger partial charge in [-0.2, -0.15) is 0 Å². The quantitative estimate of drug-likeness (QED) is 0.372. The number of halogens is 1. The van der Waals surface area contributed by atoms with Crippen molar-refractivity contribution in [1.82, 2.24) is 20.6 Å². The fourth-order valence-corrected chi connectivity index (χ4v) is 6.93. The van der Waals surface area contributed by atoms with Crippen LogP contribution in [0.1, 0.15) is 93.4 Å². The van der Waals surface area contributed by atoms with E-state index in [2.05, 4.69) is 20.3 Å². The first-order valence-corrected chi connectivity index (χ1v) is 16.8. The fourth-order valence-electron chi connectivity index (χ4n) is 6.30. The van der Waals surface area contributed by atoms with E-state index < -0.39 is 21.7 Å². The first-order chi connectivity index (χ1) is 20.0. The number of anilines is 2. The molecule has 1 amide bonds. The minimum Gasteiger partial charge on any atom is -0.450 e. The summed E-state index contributed by atoms with van der Waals surface area (Å²) in [5, 5.41) is 6.21. The lowest BCUT2D eigenvalue weighted by Crippen LogP contribution is -2.60. The molecule has 42 heavy (non-hydrogen) atoms. The van der Waals surface area contributed by atoms with Crippen molar-refractivity contribution in [1.29, 1.82) is 0 Å². The van der Waals surface area contributed by atoms with Crippen LogP contribution in [-0.2, 0) is 10.0 Å². The highest BCUT2D eigenvalue weighted by molar-refractivity contribution is 7.92. The summed E-state index contributed by atoms with van der Waals surface area (Å²) in [7, 11) is -3.81. The molecule has 1 aromatic heterocycles. The Bertz CT molecular complexity index is 1410. The standard InChI is InChI=1S/C30H43FN6O4S/c1-5-42(39,40)36-24-16-22(31)15-23(28(38)33-19(2)3)27(24)41-26-20(4)34-29(35-25(26)21-9-7-6-8-10-21)37-17-30(18-37)11-13-32-14-12-30/h15-16,19,21,32,36H,5-14,17-18H2,1-4H3,(H,33,38). The molecular weight excluding hydrogens is 559 g/mol. The van der Waals surface area contributed by atoms with Crippen molar-refractivity contribution in [3.05, 3.63) is 34.9 Å². The van der Waals surface area contributed by atoms with Gasteiger partial charge in [-0.15, -0.1) is 0 Å². The molecule has 1 aliphatic carbocycles. The highest BCUT2D eigenvalue weighted by Gasteiger charge is 2.45. The molecule has 3 heterocycles. The van der Waals surface area contributed by atoms with E-state index >= 15 is 0 Å². The summed E-state index contributed by atoms with van der Waals surface area (Å²) in [5.74, 6) is -0.427. The maximum Gasteiger partial charge on any atom is 0.255 e. The Labute approximate surface area is 248 Å². The van der Waals surface area contributed by atoms with Gasteiger partial charge in [-0.3, -0.25) is 9.52 Å². The molecule has 10 nitrogen and oxygen atoms in total. The zero-order valence-electron chi connectivity index (χ0n) is 25.1. The third-order valence-electron chi connectivity index (χ3n) is 8.61. The van der Waals surface area contributed by atoms with E-state index in [1.807, 2.05) is 6.92 Å².